The summed E-state index contributed by atoms with van der Waals surface area (Å²) >= 11 is 5.89. The molecule has 4 aromatic rings. The third-order valence-electron chi connectivity index (χ3n) is 5.87. The SMILES string of the molecule is CNc1ncc(C#Cc2cc(OCCOc3cccc(Cl)n3)c(OC)cn2)c2cc(NC(=O)C3CC3)ncc12. The van der Waals surface area contributed by atoms with Gasteiger partial charge in [0.05, 0.1) is 18.9 Å². The van der Waals surface area contributed by atoms with Crippen LogP contribution in [0.15, 0.2) is 48.9 Å². The van der Waals surface area contributed by atoms with Crippen LogP contribution in [0.5, 0.6) is 17.4 Å². The first kappa shape index (κ1) is 26.0. The number of halogens is 1. The van der Waals surface area contributed by atoms with Gasteiger partial charge in [0.25, 0.3) is 0 Å². The maximum atomic E-state index is 12.2. The molecule has 10 nitrogen and oxygen atoms in total. The Hall–Kier alpha value is -4.62. The minimum Gasteiger partial charge on any atom is -0.491 e. The van der Waals surface area contributed by atoms with Crippen molar-refractivity contribution in [1.82, 2.24) is 19.9 Å². The Morgan fingerprint density at radius 3 is 2.64 bits per heavy atom. The van der Waals surface area contributed by atoms with E-state index < -0.39 is 0 Å². The van der Waals surface area contributed by atoms with E-state index in [9.17, 15) is 4.79 Å². The van der Waals surface area contributed by atoms with Crippen LogP contribution in [0.25, 0.3) is 10.8 Å². The van der Waals surface area contributed by atoms with Gasteiger partial charge in [-0.3, -0.25) is 4.79 Å². The van der Waals surface area contributed by atoms with Crippen molar-refractivity contribution in [1.29, 1.82) is 0 Å². The minimum atomic E-state index is -0.0124. The number of ether oxygens (including phenoxy) is 3. The number of pyridine rings is 4. The Kier molecular flexibility index (Phi) is 7.89. The highest BCUT2D eigenvalue weighted by Crippen LogP contribution is 2.31. The molecule has 198 valence electrons. The van der Waals surface area contributed by atoms with Crippen molar-refractivity contribution in [2.45, 2.75) is 12.8 Å². The zero-order chi connectivity index (χ0) is 27.2. The number of aromatic nitrogens is 4. The molecule has 0 saturated heterocycles. The summed E-state index contributed by atoms with van der Waals surface area (Å²) in [7, 11) is 3.33. The quantitative estimate of drug-likeness (QED) is 0.180. The molecule has 1 aliphatic carbocycles. The number of carbonyl (C=O) groups excluding carboxylic acids is 1. The second-order valence-electron chi connectivity index (χ2n) is 8.62. The number of anilines is 2. The lowest BCUT2D eigenvalue weighted by atomic mass is 10.1. The lowest BCUT2D eigenvalue weighted by Crippen LogP contribution is -2.14. The van der Waals surface area contributed by atoms with Gasteiger partial charge in [0, 0.05) is 48.3 Å². The van der Waals surface area contributed by atoms with E-state index in [0.29, 0.717) is 45.4 Å². The van der Waals surface area contributed by atoms with Gasteiger partial charge in [-0.1, -0.05) is 23.6 Å². The van der Waals surface area contributed by atoms with Gasteiger partial charge < -0.3 is 24.8 Å². The number of rotatable bonds is 9. The first-order valence-corrected chi connectivity index (χ1v) is 12.6. The van der Waals surface area contributed by atoms with Crippen LogP contribution in [0.3, 0.4) is 0 Å². The van der Waals surface area contributed by atoms with E-state index in [2.05, 4.69) is 42.4 Å². The van der Waals surface area contributed by atoms with Gasteiger partial charge in [-0.2, -0.15) is 0 Å². The van der Waals surface area contributed by atoms with Crippen molar-refractivity contribution < 1.29 is 19.0 Å². The van der Waals surface area contributed by atoms with Gasteiger partial charge in [-0.15, -0.1) is 0 Å². The molecule has 0 bridgehead atoms. The van der Waals surface area contributed by atoms with Crippen molar-refractivity contribution in [3.63, 3.8) is 0 Å². The van der Waals surface area contributed by atoms with E-state index in [0.717, 1.165) is 23.6 Å². The third kappa shape index (κ3) is 6.45. The van der Waals surface area contributed by atoms with Crippen LogP contribution in [0.2, 0.25) is 5.15 Å². The summed E-state index contributed by atoms with van der Waals surface area (Å²) in [5, 5.41) is 7.90. The molecule has 0 radical (unpaired) electrons. The lowest BCUT2D eigenvalue weighted by molar-refractivity contribution is -0.117. The Labute approximate surface area is 230 Å². The first-order valence-electron chi connectivity index (χ1n) is 12.3. The van der Waals surface area contributed by atoms with Crippen LogP contribution in [0, 0.1) is 17.8 Å². The van der Waals surface area contributed by atoms with Crippen molar-refractivity contribution >= 4 is 39.9 Å². The number of fused-ring (bicyclic) bond motifs is 1. The standard InChI is InChI=1S/C28H25ClN6O4/c1-30-27-21-15-32-25(35-28(36)17-6-7-17)13-20(21)18(14-33-27)8-9-19-12-22(23(37-2)16-31-19)38-10-11-39-26-5-3-4-24(29)34-26/h3-5,12-17H,6-7,10-11H2,1-2H3,(H,30,33)(H,32,35,36). The highest BCUT2D eigenvalue weighted by molar-refractivity contribution is 6.29. The van der Waals surface area contributed by atoms with Crippen LogP contribution in [0.4, 0.5) is 11.6 Å². The lowest BCUT2D eigenvalue weighted by Gasteiger charge is -2.11. The molecule has 39 heavy (non-hydrogen) atoms. The van der Waals surface area contributed by atoms with Gasteiger partial charge in [0.1, 0.15) is 35.7 Å². The number of nitrogens with one attached hydrogen (secondary N) is 2. The molecule has 1 aliphatic rings. The molecule has 4 heterocycles. The minimum absolute atomic E-state index is 0.0124. The fourth-order valence-corrected chi connectivity index (χ4v) is 3.89. The number of nitrogens with zero attached hydrogens (tertiary/aromatic N) is 4. The smallest absolute Gasteiger partial charge is 0.228 e. The average molecular weight is 545 g/mol. The molecule has 5 rings (SSSR count). The number of amides is 1. The molecule has 0 spiro atoms. The fourth-order valence-electron chi connectivity index (χ4n) is 3.73. The highest BCUT2D eigenvalue weighted by atomic mass is 35.5. The summed E-state index contributed by atoms with van der Waals surface area (Å²) in [5.74, 6) is 8.77. The molecule has 11 heteroatoms. The normalized spacial score (nSPS) is 12.3. The van der Waals surface area contributed by atoms with Gasteiger partial charge in [-0.25, -0.2) is 19.9 Å². The third-order valence-corrected chi connectivity index (χ3v) is 6.08. The molecule has 1 saturated carbocycles. The second-order valence-corrected chi connectivity index (χ2v) is 9.00. The predicted molar refractivity (Wildman–Crippen MR) is 147 cm³/mol. The van der Waals surface area contributed by atoms with E-state index in [1.54, 1.807) is 49.9 Å². The maximum Gasteiger partial charge on any atom is 0.228 e. The van der Waals surface area contributed by atoms with Gasteiger partial charge in [0.2, 0.25) is 11.8 Å². The molecular formula is C28H25ClN6O4. The van der Waals surface area contributed by atoms with E-state index in [1.807, 2.05) is 6.07 Å². The Balaban J connectivity index is 1.35. The Morgan fingerprint density at radius 1 is 1.03 bits per heavy atom. The summed E-state index contributed by atoms with van der Waals surface area (Å²) in [6.45, 7) is 0.493. The van der Waals surface area contributed by atoms with E-state index in [-0.39, 0.29) is 25.0 Å². The molecular weight excluding hydrogens is 520 g/mol. The van der Waals surface area contributed by atoms with E-state index in [4.69, 9.17) is 25.8 Å². The maximum absolute atomic E-state index is 12.2. The first-order chi connectivity index (χ1) is 19.0. The number of hydrogen-bond donors (Lipinski definition) is 2. The van der Waals surface area contributed by atoms with Crippen LogP contribution in [-0.2, 0) is 4.79 Å². The van der Waals surface area contributed by atoms with Crippen LogP contribution in [0.1, 0.15) is 24.1 Å². The van der Waals surface area contributed by atoms with Crippen molar-refractivity contribution in [3.05, 3.63) is 65.3 Å². The topological polar surface area (TPSA) is 120 Å². The number of carbonyl (C=O) groups is 1. The van der Waals surface area contributed by atoms with E-state index >= 15 is 0 Å². The van der Waals surface area contributed by atoms with Crippen molar-refractivity contribution in [2.24, 2.45) is 5.92 Å². The molecule has 0 atom stereocenters. The van der Waals surface area contributed by atoms with Crippen LogP contribution in [-0.4, -0.2) is 53.2 Å². The van der Waals surface area contributed by atoms with Gasteiger partial charge in [-0.05, 0) is 30.9 Å². The van der Waals surface area contributed by atoms with Crippen molar-refractivity contribution in [3.8, 4) is 29.2 Å². The predicted octanol–water partition coefficient (Wildman–Crippen LogP) is 4.33. The monoisotopic (exact) mass is 544 g/mol. The van der Waals surface area contributed by atoms with E-state index in [1.165, 1.54) is 7.11 Å². The summed E-state index contributed by atoms with van der Waals surface area (Å²) in [6.07, 6.45) is 6.73. The van der Waals surface area contributed by atoms with Gasteiger partial charge >= 0.3 is 0 Å². The van der Waals surface area contributed by atoms with Crippen LogP contribution < -0.4 is 24.8 Å². The summed E-state index contributed by atoms with van der Waals surface area (Å²) in [4.78, 5) is 29.5. The summed E-state index contributed by atoms with van der Waals surface area (Å²) in [6, 6.07) is 8.66. The van der Waals surface area contributed by atoms with Gasteiger partial charge in [0.15, 0.2) is 11.5 Å². The molecule has 4 aromatic heterocycles. The average Bonchev–Trinajstić information content (AvgIpc) is 3.80. The molecule has 1 fully saturated rings. The molecule has 2 N–H and O–H groups in total. The Bertz CT molecular complexity index is 1580. The summed E-state index contributed by atoms with van der Waals surface area (Å²) < 4.78 is 16.8. The fraction of sp³-hybridized carbons (Fsp3) is 0.250. The molecule has 1 amide bonds. The Morgan fingerprint density at radius 2 is 1.87 bits per heavy atom. The molecule has 0 aromatic carbocycles. The zero-order valence-corrected chi connectivity index (χ0v) is 22.1. The number of hydrogen-bond acceptors (Lipinski definition) is 9. The number of methoxy groups -OCH3 is 1. The van der Waals surface area contributed by atoms with Crippen molar-refractivity contribution in [2.75, 3.05) is 38.0 Å². The second kappa shape index (κ2) is 11.8. The molecule has 0 aliphatic heterocycles. The highest BCUT2D eigenvalue weighted by Gasteiger charge is 2.29. The molecule has 0 unspecified atom stereocenters. The zero-order valence-electron chi connectivity index (χ0n) is 21.3. The largest absolute Gasteiger partial charge is 0.491 e. The summed E-state index contributed by atoms with van der Waals surface area (Å²) in [5.41, 5.74) is 1.14. The van der Waals surface area contributed by atoms with Crippen LogP contribution >= 0.6 is 11.6 Å².